The number of allylic oxidation sites excluding steroid dienone is 16. The minimum absolute atomic E-state index is 0.0911. The number of phosphoric acid groups is 1. The molecule has 0 radical (unpaired) electrons. The quantitative estimate of drug-likeness (QED) is 0.0269. The summed E-state index contributed by atoms with van der Waals surface area (Å²) in [4.78, 5) is 22.6. The highest BCUT2D eigenvalue weighted by molar-refractivity contribution is 7.47. The number of hydrogen-bond donors (Lipinski definition) is 2. The highest BCUT2D eigenvalue weighted by Gasteiger charge is 2.25. The van der Waals surface area contributed by atoms with Gasteiger partial charge in [0, 0.05) is 19.6 Å². The molecular weight excluding hydrogens is 794 g/mol. The van der Waals surface area contributed by atoms with E-state index >= 15 is 0 Å². The van der Waals surface area contributed by atoms with Gasteiger partial charge in [-0.1, -0.05) is 195 Å². The van der Waals surface area contributed by atoms with Crippen molar-refractivity contribution in [2.75, 3.05) is 33.0 Å². The Balaban J connectivity index is 3.97. The van der Waals surface area contributed by atoms with Gasteiger partial charge in [-0.25, -0.2) is 4.57 Å². The second kappa shape index (κ2) is 49.4. The van der Waals surface area contributed by atoms with Gasteiger partial charge in [-0.15, -0.1) is 0 Å². The minimum Gasteiger partial charge on any atom is -0.457 e. The lowest BCUT2D eigenvalue weighted by Gasteiger charge is -2.20. The Labute approximate surface area is 380 Å². The van der Waals surface area contributed by atoms with Gasteiger partial charge in [-0.3, -0.25) is 13.8 Å². The first-order valence-corrected chi connectivity index (χ1v) is 26.2. The third kappa shape index (κ3) is 48.5. The molecule has 62 heavy (non-hydrogen) atoms. The molecule has 3 N–H and O–H groups in total. The Morgan fingerprint density at radius 2 is 0.855 bits per heavy atom. The Morgan fingerprint density at radius 1 is 0.484 bits per heavy atom. The molecule has 0 aromatic rings. The van der Waals surface area contributed by atoms with Crippen LogP contribution in [0.1, 0.15) is 194 Å². The van der Waals surface area contributed by atoms with Crippen molar-refractivity contribution in [1.82, 2.24) is 0 Å². The zero-order chi connectivity index (χ0) is 45.1. The van der Waals surface area contributed by atoms with Crippen molar-refractivity contribution in [3.05, 3.63) is 97.2 Å². The molecule has 0 saturated heterocycles. The van der Waals surface area contributed by atoms with Crippen LogP contribution < -0.4 is 5.73 Å². The van der Waals surface area contributed by atoms with Crippen molar-refractivity contribution < 1.29 is 32.8 Å². The Hall–Kier alpha value is -2.58. The van der Waals surface area contributed by atoms with E-state index in [0.29, 0.717) is 6.61 Å². The molecule has 9 heteroatoms. The number of hydrogen-bond acceptors (Lipinski definition) is 7. The maximum absolute atomic E-state index is 12.6. The average molecular weight is 886 g/mol. The Morgan fingerprint density at radius 3 is 1.27 bits per heavy atom. The zero-order valence-corrected chi connectivity index (χ0v) is 40.5. The molecule has 0 saturated carbocycles. The number of carbonyl (C=O) groups is 1. The number of carbonyl (C=O) groups excluding carboxylic acids is 1. The smallest absolute Gasteiger partial charge is 0.457 e. The first-order chi connectivity index (χ1) is 30.4. The van der Waals surface area contributed by atoms with E-state index in [0.717, 1.165) is 96.3 Å². The normalized spacial score (nSPS) is 14.2. The number of rotatable bonds is 46. The summed E-state index contributed by atoms with van der Waals surface area (Å²) in [6, 6.07) is 0. The van der Waals surface area contributed by atoms with Crippen molar-refractivity contribution >= 4 is 13.8 Å². The van der Waals surface area contributed by atoms with E-state index in [1.165, 1.54) is 77.0 Å². The molecule has 2 unspecified atom stereocenters. The standard InChI is InChI=1S/C53H92NO7P/c1-3-5-7-9-11-13-15-17-19-21-22-23-24-25-26-27-28-29-31-33-35-37-39-41-43-45-48-58-50-52(51-60-62(56,57)59-49-47-54)61-53(55)46-44-42-40-38-36-34-32-30-20-18-16-14-12-10-8-6-4-2/h5-8,11-14,17-20,22-23,32,34,52H,3-4,9-10,15-16,21,24-31,33,35-51,54H2,1-2H3,(H,56,57)/b7-5-,8-6-,13-11-,14-12-,19-17-,20-18-,23-22-,34-32-. The number of unbranched alkanes of at least 4 members (excludes halogenated alkanes) is 17. The van der Waals surface area contributed by atoms with Crippen molar-refractivity contribution in [1.29, 1.82) is 0 Å². The van der Waals surface area contributed by atoms with Crippen LogP contribution in [0.25, 0.3) is 0 Å². The summed E-state index contributed by atoms with van der Waals surface area (Å²) >= 11 is 0. The second-order valence-electron chi connectivity index (χ2n) is 15.9. The van der Waals surface area contributed by atoms with Crippen LogP contribution in [0.4, 0.5) is 0 Å². The van der Waals surface area contributed by atoms with Gasteiger partial charge < -0.3 is 20.1 Å². The lowest BCUT2D eigenvalue weighted by atomic mass is 10.0. The number of phosphoric ester groups is 1. The molecule has 8 nitrogen and oxygen atoms in total. The van der Waals surface area contributed by atoms with Gasteiger partial charge in [0.05, 0.1) is 19.8 Å². The number of esters is 1. The SMILES string of the molecule is CC/C=C\C/C=C\C/C=C\C/C=C\CCCCCCCCCCCCCCCOCC(COP(=O)(O)OCCN)OC(=O)CCCCCC/C=C\C/C=C\C/C=C\C/C=C\CC. The highest BCUT2D eigenvalue weighted by atomic mass is 31.2. The number of nitrogens with two attached hydrogens (primary N) is 1. The van der Waals surface area contributed by atoms with Gasteiger partial charge in [0.15, 0.2) is 0 Å². The van der Waals surface area contributed by atoms with E-state index < -0.39 is 13.9 Å². The first-order valence-electron chi connectivity index (χ1n) is 24.7. The molecule has 0 aliphatic rings. The van der Waals surface area contributed by atoms with Crippen LogP contribution in [0.2, 0.25) is 0 Å². The fourth-order valence-electron chi connectivity index (χ4n) is 6.45. The van der Waals surface area contributed by atoms with Gasteiger partial charge >= 0.3 is 13.8 Å². The summed E-state index contributed by atoms with van der Waals surface area (Å²) in [5, 5.41) is 0. The van der Waals surface area contributed by atoms with Gasteiger partial charge in [0.2, 0.25) is 0 Å². The minimum atomic E-state index is -4.29. The fourth-order valence-corrected chi connectivity index (χ4v) is 7.21. The van der Waals surface area contributed by atoms with E-state index in [1.54, 1.807) is 0 Å². The molecule has 0 aromatic carbocycles. The maximum Gasteiger partial charge on any atom is 0.472 e. The monoisotopic (exact) mass is 886 g/mol. The van der Waals surface area contributed by atoms with Crippen LogP contribution in [0.3, 0.4) is 0 Å². The molecule has 0 heterocycles. The van der Waals surface area contributed by atoms with E-state index in [-0.39, 0.29) is 38.8 Å². The van der Waals surface area contributed by atoms with E-state index in [2.05, 4.69) is 111 Å². The van der Waals surface area contributed by atoms with Crippen LogP contribution in [0.15, 0.2) is 97.2 Å². The topological polar surface area (TPSA) is 117 Å². The lowest BCUT2D eigenvalue weighted by Crippen LogP contribution is -2.28. The molecule has 0 aliphatic heterocycles. The fraction of sp³-hybridized carbons (Fsp3) is 0.679. The van der Waals surface area contributed by atoms with Crippen LogP contribution in [-0.4, -0.2) is 49.9 Å². The third-order valence-corrected chi connectivity index (χ3v) is 11.0. The summed E-state index contributed by atoms with van der Waals surface area (Å²) in [6.07, 6.45) is 65.8. The van der Waals surface area contributed by atoms with Crippen LogP contribution in [-0.2, 0) is 27.9 Å². The van der Waals surface area contributed by atoms with Crippen LogP contribution in [0, 0.1) is 0 Å². The molecule has 0 amide bonds. The molecule has 0 aliphatic carbocycles. The van der Waals surface area contributed by atoms with E-state index in [4.69, 9.17) is 24.3 Å². The maximum atomic E-state index is 12.6. The van der Waals surface area contributed by atoms with Gasteiger partial charge in [0.25, 0.3) is 0 Å². The predicted molar refractivity (Wildman–Crippen MR) is 265 cm³/mol. The summed E-state index contributed by atoms with van der Waals surface area (Å²) in [5.74, 6) is -0.356. The zero-order valence-electron chi connectivity index (χ0n) is 39.6. The molecule has 0 fully saturated rings. The molecule has 356 valence electrons. The highest BCUT2D eigenvalue weighted by Crippen LogP contribution is 2.43. The van der Waals surface area contributed by atoms with Crippen LogP contribution >= 0.6 is 7.82 Å². The van der Waals surface area contributed by atoms with E-state index in [1.807, 2.05) is 0 Å². The van der Waals surface area contributed by atoms with Gasteiger partial charge in [-0.05, 0) is 89.9 Å². The third-order valence-electron chi connectivity index (χ3n) is 10.00. The molecular formula is C53H92NO7P. The van der Waals surface area contributed by atoms with Crippen LogP contribution in [0.5, 0.6) is 0 Å². The van der Waals surface area contributed by atoms with Crippen molar-refractivity contribution in [2.45, 2.75) is 200 Å². The Bertz CT molecular complexity index is 1270. The van der Waals surface area contributed by atoms with Crippen molar-refractivity contribution in [3.8, 4) is 0 Å². The Kier molecular flexibility index (Phi) is 47.4. The van der Waals surface area contributed by atoms with E-state index in [9.17, 15) is 14.3 Å². The average Bonchev–Trinajstić information content (AvgIpc) is 3.26. The van der Waals surface area contributed by atoms with Crippen molar-refractivity contribution in [2.24, 2.45) is 5.73 Å². The summed E-state index contributed by atoms with van der Waals surface area (Å²) in [5.41, 5.74) is 5.38. The van der Waals surface area contributed by atoms with Gasteiger partial charge in [-0.2, -0.15) is 0 Å². The number of ether oxygens (including phenoxy) is 2. The van der Waals surface area contributed by atoms with Crippen molar-refractivity contribution in [3.63, 3.8) is 0 Å². The summed E-state index contributed by atoms with van der Waals surface area (Å²) in [6.45, 7) is 4.65. The lowest BCUT2D eigenvalue weighted by molar-refractivity contribution is -0.154. The second-order valence-corrected chi connectivity index (χ2v) is 17.4. The molecule has 2 atom stereocenters. The predicted octanol–water partition coefficient (Wildman–Crippen LogP) is 15.4. The largest absolute Gasteiger partial charge is 0.472 e. The first kappa shape index (κ1) is 59.4. The molecule has 0 spiro atoms. The molecule has 0 aromatic heterocycles. The summed E-state index contributed by atoms with van der Waals surface area (Å²) in [7, 11) is -4.29. The molecule has 0 bridgehead atoms. The summed E-state index contributed by atoms with van der Waals surface area (Å²) < 4.78 is 33.5. The molecule has 0 rings (SSSR count). The van der Waals surface area contributed by atoms with Gasteiger partial charge in [0.1, 0.15) is 6.10 Å².